The molecule has 1 aromatic heterocycles. The van der Waals surface area contributed by atoms with Crippen LogP contribution in [0.1, 0.15) is 54.9 Å². The number of aromatic amines is 1. The van der Waals surface area contributed by atoms with Crippen LogP contribution in [0.3, 0.4) is 0 Å². The van der Waals surface area contributed by atoms with Crippen LogP contribution in [0.15, 0.2) is 108 Å². The molecule has 0 radical (unpaired) electrons. The number of Topliss-reactive ketones (excluding diaryl/α,β-unsaturated/α-hetero) is 1. The van der Waals surface area contributed by atoms with E-state index >= 15 is 0 Å². The number of aliphatic hydroxyl groups is 1. The number of phenolic OH excluding ortho intramolecular Hbond substituents is 1. The number of H-pyrrole nitrogens is 1. The summed E-state index contributed by atoms with van der Waals surface area (Å²) < 4.78 is 5.75. The summed E-state index contributed by atoms with van der Waals surface area (Å²) in [5.41, 5.74) is 5.30. The van der Waals surface area contributed by atoms with Crippen LogP contribution in [0.4, 0.5) is 10.5 Å². The number of likely N-dealkylation sites (tertiary alicyclic amines) is 1. The summed E-state index contributed by atoms with van der Waals surface area (Å²) in [6, 6.07) is 31.6. The highest BCUT2D eigenvalue weighted by atomic mass is 16.6. The van der Waals surface area contributed by atoms with E-state index in [2.05, 4.69) is 20.5 Å². The third-order valence-corrected chi connectivity index (χ3v) is 10.7. The lowest BCUT2D eigenvalue weighted by Crippen LogP contribution is -2.40. The summed E-state index contributed by atoms with van der Waals surface area (Å²) >= 11 is 0. The van der Waals surface area contributed by atoms with E-state index in [1.165, 1.54) is 12.1 Å². The Bertz CT molecular complexity index is 2200. The monoisotopic (exact) mass is 787 g/mol. The predicted molar refractivity (Wildman–Crippen MR) is 226 cm³/mol. The molecule has 58 heavy (non-hydrogen) atoms. The number of para-hydroxylation sites is 1. The minimum Gasteiger partial charge on any atom is -0.506 e. The fourth-order valence-electron chi connectivity index (χ4n) is 7.36. The largest absolute Gasteiger partial charge is 0.506 e. The van der Waals surface area contributed by atoms with Crippen molar-refractivity contribution in [3.8, 4) is 16.9 Å². The molecule has 12 nitrogen and oxygen atoms in total. The van der Waals surface area contributed by atoms with Gasteiger partial charge in [-0.1, -0.05) is 78.9 Å². The number of amides is 2. The van der Waals surface area contributed by atoms with E-state index in [0.717, 1.165) is 41.8 Å². The number of aromatic hydroxyl groups is 1. The number of phenols is 1. The van der Waals surface area contributed by atoms with Crippen LogP contribution in [-0.4, -0.2) is 95.2 Å². The molecule has 5 aromatic rings. The SMILES string of the molecule is CN(CCCC(=O)Cc1ccc(CCNC[C@H](O)c2ccc(O)c3[nH]c(=O)ccc23)cc1)C(=O)CCN1CCC(OC(=O)Nc2ccccc2-c2ccccc2)CC1. The smallest absolute Gasteiger partial charge is 0.411 e. The molecule has 0 spiro atoms. The Balaban J connectivity index is 0.818. The van der Waals surface area contributed by atoms with Crippen molar-refractivity contribution in [2.45, 2.75) is 57.2 Å². The summed E-state index contributed by atoms with van der Waals surface area (Å²) in [6.45, 7) is 3.59. The second-order valence-electron chi connectivity index (χ2n) is 14.9. The highest BCUT2D eigenvalue weighted by Crippen LogP contribution is 2.29. The highest BCUT2D eigenvalue weighted by molar-refractivity contribution is 5.91. The molecule has 1 fully saturated rings. The Labute approximate surface area is 338 Å². The van der Waals surface area contributed by atoms with Gasteiger partial charge in [-0.25, -0.2) is 4.79 Å². The van der Waals surface area contributed by atoms with Crippen molar-refractivity contribution in [2.75, 3.05) is 51.6 Å². The van der Waals surface area contributed by atoms with Gasteiger partial charge < -0.3 is 35.1 Å². The third kappa shape index (κ3) is 11.9. The molecule has 12 heteroatoms. The van der Waals surface area contributed by atoms with Gasteiger partial charge in [0.2, 0.25) is 11.5 Å². The van der Waals surface area contributed by atoms with Crippen molar-refractivity contribution >= 4 is 34.4 Å². The highest BCUT2D eigenvalue weighted by Gasteiger charge is 2.24. The molecule has 0 saturated carbocycles. The number of hydrogen-bond acceptors (Lipinski definition) is 9. The number of carbonyl (C=O) groups is 3. The van der Waals surface area contributed by atoms with Gasteiger partial charge in [-0.3, -0.25) is 19.7 Å². The van der Waals surface area contributed by atoms with Gasteiger partial charge in [0.25, 0.3) is 0 Å². The molecule has 5 N–H and O–H groups in total. The number of aliphatic hydroxyl groups excluding tert-OH is 1. The van der Waals surface area contributed by atoms with Crippen LogP contribution < -0.4 is 16.2 Å². The van der Waals surface area contributed by atoms with Crippen molar-refractivity contribution in [2.24, 2.45) is 0 Å². The van der Waals surface area contributed by atoms with Crippen LogP contribution in [0.2, 0.25) is 0 Å². The molecular weight excluding hydrogens is 735 g/mol. The van der Waals surface area contributed by atoms with Gasteiger partial charge >= 0.3 is 6.09 Å². The van der Waals surface area contributed by atoms with Crippen LogP contribution in [0, 0.1) is 0 Å². The molecule has 0 aliphatic carbocycles. The third-order valence-electron chi connectivity index (χ3n) is 10.7. The summed E-state index contributed by atoms with van der Waals surface area (Å²) in [5, 5.41) is 27.6. The Kier molecular flexibility index (Phi) is 14.8. The van der Waals surface area contributed by atoms with Crippen LogP contribution in [-0.2, 0) is 27.2 Å². The quantitative estimate of drug-likeness (QED) is 0.0649. The zero-order valence-corrected chi connectivity index (χ0v) is 33.0. The summed E-state index contributed by atoms with van der Waals surface area (Å²) in [5.74, 6) is 0.138. The number of aromatic nitrogens is 1. The molecule has 6 rings (SSSR count). The standard InChI is InChI=1S/C46H53N5O7/c1-50(44(56)24-29-51-27-22-36(23-28-51)58-46(57)48-40-12-6-5-11-37(40)34-8-3-2-4-9-34)26-7-10-35(52)30-33-15-13-32(14-16-33)21-25-47-31-42(54)38-17-19-41(53)45-39(38)18-20-43(55)49-45/h2-6,8-9,11-20,36,42,47,53-54H,7,10,21-31H2,1H3,(H,48,57)(H,49,55)/t42-/m0/s1. The number of anilines is 1. The Morgan fingerprint density at radius 3 is 2.40 bits per heavy atom. The normalized spacial score (nSPS) is 13.9. The molecule has 0 unspecified atom stereocenters. The number of rotatable bonds is 18. The van der Waals surface area contributed by atoms with E-state index in [1.54, 1.807) is 24.1 Å². The summed E-state index contributed by atoms with van der Waals surface area (Å²) in [6.07, 6.45) is 2.43. The molecule has 304 valence electrons. The molecule has 0 bridgehead atoms. The second-order valence-corrected chi connectivity index (χ2v) is 14.9. The van der Waals surface area contributed by atoms with E-state index in [0.29, 0.717) is 86.9 Å². The summed E-state index contributed by atoms with van der Waals surface area (Å²) in [7, 11) is 1.79. The maximum Gasteiger partial charge on any atom is 0.411 e. The lowest BCUT2D eigenvalue weighted by Gasteiger charge is -2.31. The van der Waals surface area contributed by atoms with Crippen molar-refractivity contribution in [1.29, 1.82) is 0 Å². The number of piperidine rings is 1. The first-order valence-electron chi connectivity index (χ1n) is 20.0. The zero-order chi connectivity index (χ0) is 40.9. The second kappa shape index (κ2) is 20.6. The van der Waals surface area contributed by atoms with Crippen molar-refractivity contribution in [1.82, 2.24) is 20.1 Å². The van der Waals surface area contributed by atoms with E-state index in [4.69, 9.17) is 4.74 Å². The molecule has 1 aliphatic rings. The fraction of sp³-hybridized carbons (Fsp3) is 0.348. The Morgan fingerprint density at radius 2 is 1.62 bits per heavy atom. The number of nitrogens with zero attached hydrogens (tertiary/aromatic N) is 2. The number of benzene rings is 4. The number of ether oxygens (including phenoxy) is 1. The van der Waals surface area contributed by atoms with Gasteiger partial charge in [0, 0.05) is 76.0 Å². The molecule has 1 atom stereocenters. The van der Waals surface area contributed by atoms with Crippen molar-refractivity contribution in [3.05, 3.63) is 130 Å². The minimum absolute atomic E-state index is 0.0450. The van der Waals surface area contributed by atoms with Gasteiger partial charge in [0.1, 0.15) is 17.6 Å². The Hall–Kier alpha value is -5.82. The van der Waals surface area contributed by atoms with E-state index in [1.807, 2.05) is 78.9 Å². The molecule has 2 heterocycles. The van der Waals surface area contributed by atoms with E-state index < -0.39 is 12.2 Å². The van der Waals surface area contributed by atoms with Crippen molar-refractivity contribution in [3.63, 3.8) is 0 Å². The van der Waals surface area contributed by atoms with Gasteiger partial charge in [0.05, 0.1) is 17.3 Å². The maximum atomic E-state index is 12.9. The van der Waals surface area contributed by atoms with E-state index in [-0.39, 0.29) is 29.1 Å². The lowest BCUT2D eigenvalue weighted by molar-refractivity contribution is -0.130. The molecule has 4 aromatic carbocycles. The maximum absolute atomic E-state index is 12.9. The number of ketones is 1. The lowest BCUT2D eigenvalue weighted by atomic mass is 10.0. The summed E-state index contributed by atoms with van der Waals surface area (Å²) in [4.78, 5) is 56.6. The van der Waals surface area contributed by atoms with Gasteiger partial charge in [-0.2, -0.15) is 0 Å². The van der Waals surface area contributed by atoms with Crippen LogP contribution in [0.25, 0.3) is 22.0 Å². The number of fused-ring (bicyclic) bond motifs is 1. The van der Waals surface area contributed by atoms with Crippen LogP contribution >= 0.6 is 0 Å². The minimum atomic E-state index is -0.825. The van der Waals surface area contributed by atoms with Gasteiger partial charge in [0.15, 0.2) is 0 Å². The molecule has 2 amide bonds. The van der Waals surface area contributed by atoms with Crippen LogP contribution in [0.5, 0.6) is 5.75 Å². The first-order chi connectivity index (χ1) is 28.1. The number of nitrogens with one attached hydrogen (secondary N) is 3. The topological polar surface area (TPSA) is 164 Å². The Morgan fingerprint density at radius 1 is 0.897 bits per heavy atom. The van der Waals surface area contributed by atoms with Gasteiger partial charge in [-0.05, 0) is 72.7 Å². The average Bonchev–Trinajstić information content (AvgIpc) is 3.23. The first-order valence-corrected chi connectivity index (χ1v) is 20.0. The first kappa shape index (κ1) is 41.8. The van der Waals surface area contributed by atoms with E-state index in [9.17, 15) is 29.4 Å². The molecule has 1 aliphatic heterocycles. The predicted octanol–water partition coefficient (Wildman–Crippen LogP) is 6.22. The molecule has 1 saturated heterocycles. The fourth-order valence-corrected chi connectivity index (χ4v) is 7.36. The number of hydrogen-bond donors (Lipinski definition) is 5. The molecular formula is C46H53N5O7. The van der Waals surface area contributed by atoms with Crippen molar-refractivity contribution < 1.29 is 29.3 Å². The average molecular weight is 788 g/mol. The zero-order valence-electron chi connectivity index (χ0n) is 33.0. The number of carbonyl (C=O) groups excluding carboxylic acids is 3. The number of pyridine rings is 1. The van der Waals surface area contributed by atoms with Gasteiger partial charge in [-0.15, -0.1) is 0 Å².